The molecule has 0 bridgehead atoms. The maximum Gasteiger partial charge on any atom is 0.161 e. The molecule has 2 rings (SSSR count). The normalized spacial score (nSPS) is 11.9. The van der Waals surface area contributed by atoms with E-state index in [1.54, 1.807) is 20.3 Å². The van der Waals surface area contributed by atoms with Gasteiger partial charge in [-0.3, -0.25) is 0 Å². The van der Waals surface area contributed by atoms with Gasteiger partial charge in [-0.1, -0.05) is 6.07 Å². The van der Waals surface area contributed by atoms with Crippen molar-refractivity contribution in [3.63, 3.8) is 0 Å². The Kier molecular flexibility index (Phi) is 6.44. The Bertz CT molecular complexity index is 676. The molecule has 0 spiro atoms. The van der Waals surface area contributed by atoms with Crippen LogP contribution in [0.1, 0.15) is 24.0 Å². The summed E-state index contributed by atoms with van der Waals surface area (Å²) in [4.78, 5) is 0. The van der Waals surface area contributed by atoms with Gasteiger partial charge in [-0.15, -0.1) is 0 Å². The minimum atomic E-state index is -0.297. The zero-order valence-corrected chi connectivity index (χ0v) is 14.3. The fraction of sp³-hybridized carbons (Fsp3) is 0.368. The van der Waals surface area contributed by atoms with Crippen molar-refractivity contribution in [1.29, 1.82) is 0 Å². The number of hydrogen-bond acceptors (Lipinski definition) is 4. The largest absolute Gasteiger partial charge is 0.496 e. The van der Waals surface area contributed by atoms with E-state index in [2.05, 4.69) is 0 Å². The van der Waals surface area contributed by atoms with Gasteiger partial charge in [-0.2, -0.15) is 0 Å². The molecule has 0 heterocycles. The Morgan fingerprint density at radius 3 is 2.33 bits per heavy atom. The Hall–Kier alpha value is -2.27. The van der Waals surface area contributed by atoms with Gasteiger partial charge in [0.2, 0.25) is 0 Å². The quantitative estimate of drug-likeness (QED) is 0.803. The summed E-state index contributed by atoms with van der Waals surface area (Å²) < 4.78 is 29.9. The monoisotopic (exact) mass is 333 g/mol. The molecule has 1 unspecified atom stereocenters. The molecule has 130 valence electrons. The predicted octanol–water partition coefficient (Wildman–Crippen LogP) is 3.53. The number of nitrogens with two attached hydrogens (primary N) is 1. The average molecular weight is 333 g/mol. The fourth-order valence-corrected chi connectivity index (χ4v) is 2.75. The summed E-state index contributed by atoms with van der Waals surface area (Å²) in [6, 6.07) is 10.3. The van der Waals surface area contributed by atoms with Crippen LogP contribution in [0.4, 0.5) is 4.39 Å². The van der Waals surface area contributed by atoms with Crippen LogP contribution >= 0.6 is 0 Å². The van der Waals surface area contributed by atoms with Crippen molar-refractivity contribution in [2.45, 2.75) is 19.3 Å². The molecule has 1 atom stereocenters. The zero-order chi connectivity index (χ0) is 17.5. The van der Waals surface area contributed by atoms with Gasteiger partial charge < -0.3 is 19.9 Å². The van der Waals surface area contributed by atoms with Crippen LogP contribution in [0.25, 0.3) is 0 Å². The lowest BCUT2D eigenvalue weighted by Gasteiger charge is -2.19. The topological polar surface area (TPSA) is 53.7 Å². The van der Waals surface area contributed by atoms with Crippen LogP contribution < -0.4 is 19.9 Å². The van der Waals surface area contributed by atoms with E-state index < -0.39 is 0 Å². The Balaban J connectivity index is 2.30. The number of hydrogen-bond donors (Lipinski definition) is 1. The van der Waals surface area contributed by atoms with Crippen molar-refractivity contribution in [1.82, 2.24) is 0 Å². The van der Waals surface area contributed by atoms with Crippen molar-refractivity contribution in [3.8, 4) is 17.2 Å². The van der Waals surface area contributed by atoms with Crippen LogP contribution in [0, 0.1) is 5.82 Å². The Morgan fingerprint density at radius 2 is 1.71 bits per heavy atom. The minimum absolute atomic E-state index is 0.0569. The first-order valence-electron chi connectivity index (χ1n) is 7.96. The predicted molar refractivity (Wildman–Crippen MR) is 92.6 cm³/mol. The highest BCUT2D eigenvalue weighted by atomic mass is 19.1. The number of halogens is 1. The molecule has 5 heteroatoms. The summed E-state index contributed by atoms with van der Waals surface area (Å²) in [5, 5.41) is 0. The molecule has 0 amide bonds. The van der Waals surface area contributed by atoms with E-state index in [0.29, 0.717) is 36.8 Å². The molecular formula is C19H24FNO3. The zero-order valence-electron chi connectivity index (χ0n) is 14.3. The van der Waals surface area contributed by atoms with Crippen LogP contribution in [-0.2, 0) is 6.42 Å². The maximum atomic E-state index is 13.6. The molecule has 0 aliphatic heterocycles. The van der Waals surface area contributed by atoms with Crippen LogP contribution in [0.15, 0.2) is 36.4 Å². The molecule has 2 aromatic carbocycles. The third-order valence-electron chi connectivity index (χ3n) is 3.93. The molecule has 2 N–H and O–H groups in total. The van der Waals surface area contributed by atoms with E-state index in [1.165, 1.54) is 12.1 Å². The second-order valence-electron chi connectivity index (χ2n) is 5.44. The summed E-state index contributed by atoms with van der Waals surface area (Å²) in [5.74, 6) is 1.67. The molecule has 0 saturated heterocycles. The SMILES string of the molecule is CCOc1cc(CC(CN)c2cc(F)ccc2OC)ccc1OC. The highest BCUT2D eigenvalue weighted by molar-refractivity contribution is 5.44. The second kappa shape index (κ2) is 8.55. The van der Waals surface area contributed by atoms with Crippen molar-refractivity contribution >= 4 is 0 Å². The molecule has 0 aliphatic rings. The Morgan fingerprint density at radius 1 is 1.00 bits per heavy atom. The third-order valence-corrected chi connectivity index (χ3v) is 3.93. The van der Waals surface area contributed by atoms with E-state index in [0.717, 1.165) is 11.1 Å². The van der Waals surface area contributed by atoms with Gasteiger partial charge >= 0.3 is 0 Å². The Labute approximate surface area is 142 Å². The number of ether oxygens (including phenoxy) is 3. The molecular weight excluding hydrogens is 309 g/mol. The first-order valence-corrected chi connectivity index (χ1v) is 7.96. The molecule has 0 fully saturated rings. The van der Waals surface area contributed by atoms with Crippen LogP contribution in [0.2, 0.25) is 0 Å². The lowest BCUT2D eigenvalue weighted by atomic mass is 9.91. The van der Waals surface area contributed by atoms with E-state index in [9.17, 15) is 4.39 Å². The number of benzene rings is 2. The molecule has 0 saturated carbocycles. The van der Waals surface area contributed by atoms with Gasteiger partial charge in [0.25, 0.3) is 0 Å². The highest BCUT2D eigenvalue weighted by Crippen LogP contribution is 2.33. The van der Waals surface area contributed by atoms with Gasteiger partial charge in [0, 0.05) is 11.5 Å². The summed E-state index contributed by atoms with van der Waals surface area (Å²) in [7, 11) is 3.18. The first-order chi connectivity index (χ1) is 11.6. The fourth-order valence-electron chi connectivity index (χ4n) is 2.75. The third kappa shape index (κ3) is 4.17. The lowest BCUT2D eigenvalue weighted by molar-refractivity contribution is 0.310. The van der Waals surface area contributed by atoms with E-state index in [4.69, 9.17) is 19.9 Å². The van der Waals surface area contributed by atoms with Crippen LogP contribution in [0.5, 0.6) is 17.2 Å². The van der Waals surface area contributed by atoms with E-state index >= 15 is 0 Å². The maximum absolute atomic E-state index is 13.6. The van der Waals surface area contributed by atoms with Crippen molar-refractivity contribution < 1.29 is 18.6 Å². The van der Waals surface area contributed by atoms with Gasteiger partial charge in [-0.05, 0) is 55.8 Å². The van der Waals surface area contributed by atoms with Crippen molar-refractivity contribution in [2.75, 3.05) is 27.4 Å². The number of rotatable bonds is 8. The molecule has 24 heavy (non-hydrogen) atoms. The summed E-state index contributed by atoms with van der Waals surface area (Å²) in [6.07, 6.45) is 0.653. The first kappa shape index (κ1) is 18.1. The van der Waals surface area contributed by atoms with Crippen LogP contribution in [-0.4, -0.2) is 27.4 Å². The van der Waals surface area contributed by atoms with Crippen molar-refractivity contribution in [3.05, 3.63) is 53.3 Å². The standard InChI is InChI=1S/C19H24FNO3/c1-4-24-19-10-13(5-7-18(19)23-3)9-14(12-21)16-11-15(20)6-8-17(16)22-2/h5-8,10-11,14H,4,9,12,21H2,1-3H3. The number of methoxy groups -OCH3 is 2. The van der Waals surface area contributed by atoms with Gasteiger partial charge in [0.1, 0.15) is 11.6 Å². The molecule has 2 aromatic rings. The lowest BCUT2D eigenvalue weighted by Crippen LogP contribution is -2.16. The van der Waals surface area contributed by atoms with E-state index in [-0.39, 0.29) is 11.7 Å². The molecule has 4 nitrogen and oxygen atoms in total. The molecule has 0 aromatic heterocycles. The van der Waals surface area contributed by atoms with Crippen LogP contribution in [0.3, 0.4) is 0 Å². The van der Waals surface area contributed by atoms with Gasteiger partial charge in [-0.25, -0.2) is 4.39 Å². The summed E-state index contributed by atoms with van der Waals surface area (Å²) >= 11 is 0. The summed E-state index contributed by atoms with van der Waals surface area (Å²) in [6.45, 7) is 2.86. The minimum Gasteiger partial charge on any atom is -0.496 e. The van der Waals surface area contributed by atoms with Crippen molar-refractivity contribution in [2.24, 2.45) is 5.73 Å². The molecule has 0 radical (unpaired) electrons. The smallest absolute Gasteiger partial charge is 0.161 e. The highest BCUT2D eigenvalue weighted by Gasteiger charge is 2.17. The molecule has 0 aliphatic carbocycles. The van der Waals surface area contributed by atoms with Gasteiger partial charge in [0.05, 0.1) is 20.8 Å². The second-order valence-corrected chi connectivity index (χ2v) is 5.44. The average Bonchev–Trinajstić information content (AvgIpc) is 2.60. The van der Waals surface area contributed by atoms with E-state index in [1.807, 2.05) is 25.1 Å². The summed E-state index contributed by atoms with van der Waals surface area (Å²) in [5.41, 5.74) is 7.76. The van der Waals surface area contributed by atoms with Gasteiger partial charge in [0.15, 0.2) is 11.5 Å².